The Morgan fingerprint density at radius 1 is 1.29 bits per heavy atom. The van der Waals surface area contributed by atoms with Crippen LogP contribution in [-0.4, -0.2) is 41.6 Å². The van der Waals surface area contributed by atoms with Gasteiger partial charge in [-0.3, -0.25) is 4.90 Å². The number of rotatable bonds is 7. The highest BCUT2D eigenvalue weighted by Gasteiger charge is 2.30. The van der Waals surface area contributed by atoms with Crippen LogP contribution in [0.5, 0.6) is 0 Å². The molecule has 3 unspecified atom stereocenters. The fraction of sp³-hybridized carbons (Fsp3) is 0.667. The van der Waals surface area contributed by atoms with E-state index < -0.39 is 0 Å². The lowest BCUT2D eigenvalue weighted by atomic mass is 9.98. The van der Waals surface area contributed by atoms with E-state index in [1.807, 2.05) is 0 Å². The zero-order chi connectivity index (χ0) is 15.1. The molecular weight excluding hydrogens is 276 g/mol. The standard InChI is InChI=1S/C18H30N2S/c1-4-17-13-19-18(16-9-7-6-8-10-16)14-20(17)15(3)11-12-21-5-2/h6-10,15,17-19H,4-5,11-14H2,1-3H3. The van der Waals surface area contributed by atoms with Gasteiger partial charge in [-0.05, 0) is 36.8 Å². The lowest BCUT2D eigenvalue weighted by molar-refractivity contribution is 0.0848. The normalized spacial score (nSPS) is 24.9. The van der Waals surface area contributed by atoms with Crippen LogP contribution in [-0.2, 0) is 0 Å². The predicted octanol–water partition coefficient (Wildman–Crippen LogP) is 3.94. The molecule has 1 N–H and O–H groups in total. The first-order valence-corrected chi connectivity index (χ1v) is 9.53. The van der Waals surface area contributed by atoms with E-state index in [0.717, 1.165) is 13.1 Å². The van der Waals surface area contributed by atoms with E-state index >= 15 is 0 Å². The highest BCUT2D eigenvalue weighted by Crippen LogP contribution is 2.24. The van der Waals surface area contributed by atoms with Gasteiger partial charge in [0.25, 0.3) is 0 Å². The van der Waals surface area contributed by atoms with Crippen LogP contribution < -0.4 is 5.32 Å². The molecule has 3 atom stereocenters. The van der Waals surface area contributed by atoms with Crippen molar-refractivity contribution in [3.63, 3.8) is 0 Å². The first kappa shape index (κ1) is 16.9. The van der Waals surface area contributed by atoms with Crippen molar-refractivity contribution in [2.45, 2.75) is 51.7 Å². The molecule has 0 saturated carbocycles. The summed E-state index contributed by atoms with van der Waals surface area (Å²) in [5.74, 6) is 2.52. The maximum Gasteiger partial charge on any atom is 0.0450 e. The molecule has 0 bridgehead atoms. The molecule has 2 rings (SSSR count). The van der Waals surface area contributed by atoms with Gasteiger partial charge in [-0.25, -0.2) is 0 Å². The number of nitrogens with zero attached hydrogens (tertiary/aromatic N) is 1. The van der Waals surface area contributed by atoms with Gasteiger partial charge in [-0.15, -0.1) is 0 Å². The molecule has 1 aromatic carbocycles. The number of hydrogen-bond acceptors (Lipinski definition) is 3. The molecule has 0 aromatic heterocycles. The van der Waals surface area contributed by atoms with Gasteiger partial charge in [0.15, 0.2) is 0 Å². The third-order valence-electron chi connectivity index (χ3n) is 4.59. The zero-order valence-corrected chi connectivity index (χ0v) is 14.5. The summed E-state index contributed by atoms with van der Waals surface area (Å²) in [6.45, 7) is 9.23. The van der Waals surface area contributed by atoms with Crippen LogP contribution in [0, 0.1) is 0 Å². The number of hydrogen-bond donors (Lipinski definition) is 1. The van der Waals surface area contributed by atoms with E-state index in [-0.39, 0.29) is 0 Å². The average Bonchev–Trinajstić information content (AvgIpc) is 2.55. The molecule has 1 aliphatic rings. The SMILES string of the molecule is CCSCCC(C)N1CC(c2ccccc2)NCC1CC. The minimum atomic E-state index is 0.482. The minimum absolute atomic E-state index is 0.482. The molecule has 3 heteroatoms. The molecule has 21 heavy (non-hydrogen) atoms. The summed E-state index contributed by atoms with van der Waals surface area (Å²) in [5.41, 5.74) is 1.42. The van der Waals surface area contributed by atoms with Gasteiger partial charge in [0.2, 0.25) is 0 Å². The summed E-state index contributed by atoms with van der Waals surface area (Å²) in [5, 5.41) is 3.74. The van der Waals surface area contributed by atoms with Crippen molar-refractivity contribution in [3.05, 3.63) is 35.9 Å². The summed E-state index contributed by atoms with van der Waals surface area (Å²) in [6, 6.07) is 12.7. The molecule has 1 heterocycles. The average molecular weight is 307 g/mol. The Morgan fingerprint density at radius 2 is 2.05 bits per heavy atom. The third-order valence-corrected chi connectivity index (χ3v) is 5.52. The summed E-state index contributed by atoms with van der Waals surface area (Å²) < 4.78 is 0. The van der Waals surface area contributed by atoms with Crippen molar-refractivity contribution in [2.24, 2.45) is 0 Å². The highest BCUT2D eigenvalue weighted by atomic mass is 32.2. The van der Waals surface area contributed by atoms with Crippen molar-refractivity contribution in [1.29, 1.82) is 0 Å². The molecule has 1 aromatic rings. The fourth-order valence-corrected chi connectivity index (χ4v) is 4.01. The van der Waals surface area contributed by atoms with Gasteiger partial charge < -0.3 is 5.32 Å². The van der Waals surface area contributed by atoms with Crippen molar-refractivity contribution in [2.75, 3.05) is 24.6 Å². The van der Waals surface area contributed by atoms with E-state index in [4.69, 9.17) is 0 Å². The lowest BCUT2D eigenvalue weighted by Crippen LogP contribution is -2.55. The molecule has 1 saturated heterocycles. The van der Waals surface area contributed by atoms with Crippen LogP contribution in [0.25, 0.3) is 0 Å². The predicted molar refractivity (Wildman–Crippen MR) is 95.0 cm³/mol. The second-order valence-electron chi connectivity index (χ2n) is 5.97. The van der Waals surface area contributed by atoms with Crippen LogP contribution in [0.2, 0.25) is 0 Å². The minimum Gasteiger partial charge on any atom is -0.307 e. The maximum absolute atomic E-state index is 3.74. The van der Waals surface area contributed by atoms with Crippen LogP contribution in [0.1, 0.15) is 45.2 Å². The highest BCUT2D eigenvalue weighted by molar-refractivity contribution is 7.99. The van der Waals surface area contributed by atoms with Crippen molar-refractivity contribution < 1.29 is 0 Å². The number of thioether (sulfide) groups is 1. The molecule has 118 valence electrons. The summed E-state index contributed by atoms with van der Waals surface area (Å²) in [4.78, 5) is 2.74. The molecule has 0 aliphatic carbocycles. The van der Waals surface area contributed by atoms with Gasteiger partial charge in [0.05, 0.1) is 0 Å². The van der Waals surface area contributed by atoms with Crippen LogP contribution in [0.3, 0.4) is 0 Å². The summed E-state index contributed by atoms with van der Waals surface area (Å²) in [6.07, 6.45) is 2.54. The second-order valence-corrected chi connectivity index (χ2v) is 7.36. The van der Waals surface area contributed by atoms with Crippen molar-refractivity contribution in [1.82, 2.24) is 10.2 Å². The Labute approximate surface area is 134 Å². The first-order chi connectivity index (χ1) is 10.3. The Bertz CT molecular complexity index is 395. The molecule has 1 fully saturated rings. The summed E-state index contributed by atoms with van der Waals surface area (Å²) in [7, 11) is 0. The van der Waals surface area contributed by atoms with E-state index in [1.54, 1.807) is 0 Å². The zero-order valence-electron chi connectivity index (χ0n) is 13.7. The number of nitrogens with one attached hydrogen (secondary N) is 1. The monoisotopic (exact) mass is 306 g/mol. The van der Waals surface area contributed by atoms with Gasteiger partial charge in [0.1, 0.15) is 0 Å². The largest absolute Gasteiger partial charge is 0.307 e. The Hall–Kier alpha value is -0.510. The topological polar surface area (TPSA) is 15.3 Å². The summed E-state index contributed by atoms with van der Waals surface area (Å²) >= 11 is 2.06. The van der Waals surface area contributed by atoms with E-state index in [1.165, 1.54) is 29.9 Å². The first-order valence-electron chi connectivity index (χ1n) is 8.38. The van der Waals surface area contributed by atoms with E-state index in [9.17, 15) is 0 Å². The van der Waals surface area contributed by atoms with Crippen molar-refractivity contribution in [3.8, 4) is 0 Å². The molecule has 2 nitrogen and oxygen atoms in total. The number of benzene rings is 1. The molecule has 0 spiro atoms. The van der Waals surface area contributed by atoms with Crippen LogP contribution >= 0.6 is 11.8 Å². The maximum atomic E-state index is 3.74. The molecule has 0 radical (unpaired) electrons. The Balaban J connectivity index is 1.98. The Morgan fingerprint density at radius 3 is 2.71 bits per heavy atom. The quantitative estimate of drug-likeness (QED) is 0.768. The third kappa shape index (κ3) is 4.73. The van der Waals surface area contributed by atoms with Crippen molar-refractivity contribution >= 4 is 11.8 Å². The van der Waals surface area contributed by atoms with Crippen LogP contribution in [0.4, 0.5) is 0 Å². The molecular formula is C18H30N2S. The van der Waals surface area contributed by atoms with E-state index in [0.29, 0.717) is 18.1 Å². The Kier molecular flexibility index (Phi) is 7.08. The lowest BCUT2D eigenvalue weighted by Gasteiger charge is -2.43. The smallest absolute Gasteiger partial charge is 0.0450 e. The van der Waals surface area contributed by atoms with E-state index in [2.05, 4.69) is 73.1 Å². The van der Waals surface area contributed by atoms with Gasteiger partial charge in [-0.2, -0.15) is 11.8 Å². The second kappa shape index (κ2) is 8.82. The molecule has 0 amide bonds. The number of piperazine rings is 1. The van der Waals surface area contributed by atoms with Crippen LogP contribution in [0.15, 0.2) is 30.3 Å². The van der Waals surface area contributed by atoms with Gasteiger partial charge >= 0.3 is 0 Å². The fourth-order valence-electron chi connectivity index (χ4n) is 3.21. The van der Waals surface area contributed by atoms with Gasteiger partial charge in [0, 0.05) is 31.2 Å². The van der Waals surface area contributed by atoms with Gasteiger partial charge in [-0.1, -0.05) is 44.2 Å². The molecule has 1 aliphatic heterocycles.